The number of rotatable bonds is 2. The lowest BCUT2D eigenvalue weighted by Gasteiger charge is -2.35. The summed E-state index contributed by atoms with van der Waals surface area (Å²) in [6.45, 7) is 0.491. The Morgan fingerprint density at radius 2 is 1.50 bits per heavy atom. The van der Waals surface area contributed by atoms with Crippen LogP contribution in [0.1, 0.15) is 37.7 Å². The third-order valence-corrected chi connectivity index (χ3v) is 4.95. The zero-order chi connectivity index (χ0) is 15.7. The van der Waals surface area contributed by atoms with Crippen LogP contribution >= 0.6 is 0 Å². The lowest BCUT2D eigenvalue weighted by Crippen LogP contribution is -2.52. The minimum absolute atomic E-state index is 0.164. The predicted octanol–water partition coefficient (Wildman–Crippen LogP) is 1.61. The van der Waals surface area contributed by atoms with Crippen molar-refractivity contribution in [2.75, 3.05) is 25.0 Å². The molecule has 1 heterocycles. The molecule has 22 heavy (non-hydrogen) atoms. The van der Waals surface area contributed by atoms with Gasteiger partial charge in [-0.25, -0.2) is 0 Å². The number of nitrogens with zero attached hydrogens (tertiary/aromatic N) is 2. The molecule has 1 aromatic rings. The van der Waals surface area contributed by atoms with E-state index in [2.05, 4.69) is 0 Å². The Hall–Kier alpha value is -1.88. The number of benzene rings is 1. The number of imide groups is 1. The fourth-order valence-corrected chi connectivity index (χ4v) is 3.39. The minimum Gasteiger partial charge on any atom is -0.353 e. The van der Waals surface area contributed by atoms with Gasteiger partial charge in [0.1, 0.15) is 0 Å². The number of nitrogens with two attached hydrogens (primary N) is 1. The molecule has 0 spiro atoms. The second-order valence-corrected chi connectivity index (χ2v) is 6.47. The van der Waals surface area contributed by atoms with Gasteiger partial charge in [0.15, 0.2) is 0 Å². The van der Waals surface area contributed by atoms with Crippen molar-refractivity contribution in [2.24, 2.45) is 5.73 Å². The summed E-state index contributed by atoms with van der Waals surface area (Å²) in [5.41, 5.74) is 8.38. The minimum atomic E-state index is -0.218. The molecule has 1 aliphatic carbocycles. The summed E-state index contributed by atoms with van der Waals surface area (Å²) in [5, 5.41) is 0. The summed E-state index contributed by atoms with van der Waals surface area (Å²) in [6, 6.07) is 8.05. The van der Waals surface area contributed by atoms with Gasteiger partial charge in [0.05, 0.1) is 13.1 Å². The molecular formula is C17H23N3O2. The molecule has 1 saturated carbocycles. The van der Waals surface area contributed by atoms with Crippen molar-refractivity contribution in [1.29, 1.82) is 0 Å². The maximum absolute atomic E-state index is 11.8. The molecule has 2 fully saturated rings. The van der Waals surface area contributed by atoms with Gasteiger partial charge in [-0.05, 0) is 30.5 Å². The number of anilines is 1. The molecule has 3 rings (SSSR count). The molecule has 0 aromatic heterocycles. The molecule has 118 valence electrons. The average molecular weight is 301 g/mol. The molecule has 2 aliphatic rings. The highest BCUT2D eigenvalue weighted by atomic mass is 16.2. The summed E-state index contributed by atoms with van der Waals surface area (Å²) in [6.07, 6.45) is 5.68. The Kier molecular flexibility index (Phi) is 3.91. The first-order chi connectivity index (χ1) is 10.5. The molecule has 0 bridgehead atoms. The largest absolute Gasteiger partial charge is 0.353 e. The van der Waals surface area contributed by atoms with Gasteiger partial charge in [-0.1, -0.05) is 31.4 Å². The van der Waals surface area contributed by atoms with Gasteiger partial charge in [-0.3, -0.25) is 14.5 Å². The monoisotopic (exact) mass is 301 g/mol. The fourth-order valence-electron chi connectivity index (χ4n) is 3.39. The zero-order valence-corrected chi connectivity index (χ0v) is 13.0. The van der Waals surface area contributed by atoms with Crippen LogP contribution in [-0.2, 0) is 15.1 Å². The van der Waals surface area contributed by atoms with Gasteiger partial charge in [0, 0.05) is 18.3 Å². The standard InChI is InChI=1S/C17H23N3O2/c1-19-15(21)11-20(12-16(19)22)14-7-5-13(6-8-14)17(18)9-3-2-4-10-17/h5-8H,2-4,9-12,18H2,1H3. The van der Waals surface area contributed by atoms with Crippen LogP contribution in [0.3, 0.4) is 0 Å². The molecule has 1 aromatic carbocycles. The summed E-state index contributed by atoms with van der Waals surface area (Å²) in [5.74, 6) is -0.328. The lowest BCUT2D eigenvalue weighted by atomic mass is 9.77. The van der Waals surface area contributed by atoms with Gasteiger partial charge in [0.2, 0.25) is 11.8 Å². The van der Waals surface area contributed by atoms with Gasteiger partial charge in [-0.2, -0.15) is 0 Å². The highest BCUT2D eigenvalue weighted by Crippen LogP contribution is 2.35. The average Bonchev–Trinajstić information content (AvgIpc) is 2.53. The Morgan fingerprint density at radius 3 is 2.05 bits per heavy atom. The molecule has 1 aliphatic heterocycles. The Labute approximate surface area is 131 Å². The molecule has 0 atom stereocenters. The van der Waals surface area contributed by atoms with E-state index in [0.29, 0.717) is 0 Å². The normalized spacial score (nSPS) is 22.1. The first kappa shape index (κ1) is 15.0. The van der Waals surface area contributed by atoms with Crippen LogP contribution in [0.5, 0.6) is 0 Å². The van der Waals surface area contributed by atoms with Crippen molar-refractivity contribution >= 4 is 17.5 Å². The number of piperazine rings is 1. The molecular weight excluding hydrogens is 278 g/mol. The lowest BCUT2D eigenvalue weighted by molar-refractivity contribution is -0.143. The van der Waals surface area contributed by atoms with E-state index in [1.54, 1.807) is 0 Å². The molecule has 5 nitrogen and oxygen atoms in total. The third-order valence-electron chi connectivity index (χ3n) is 4.95. The van der Waals surface area contributed by atoms with Crippen molar-refractivity contribution in [3.63, 3.8) is 0 Å². The van der Waals surface area contributed by atoms with Crippen LogP contribution in [0.25, 0.3) is 0 Å². The summed E-state index contributed by atoms with van der Waals surface area (Å²) in [7, 11) is 1.53. The quantitative estimate of drug-likeness (QED) is 0.843. The van der Waals surface area contributed by atoms with E-state index in [1.807, 2.05) is 29.2 Å². The van der Waals surface area contributed by atoms with Gasteiger partial charge in [-0.15, -0.1) is 0 Å². The number of hydrogen-bond donors (Lipinski definition) is 1. The molecule has 1 saturated heterocycles. The smallest absolute Gasteiger partial charge is 0.248 e. The first-order valence-corrected chi connectivity index (χ1v) is 7.93. The van der Waals surface area contributed by atoms with Crippen molar-refractivity contribution < 1.29 is 9.59 Å². The van der Waals surface area contributed by atoms with Crippen LogP contribution in [0, 0.1) is 0 Å². The van der Waals surface area contributed by atoms with E-state index in [-0.39, 0.29) is 30.4 Å². The van der Waals surface area contributed by atoms with E-state index < -0.39 is 0 Å². The third kappa shape index (κ3) is 2.73. The number of carbonyl (C=O) groups excluding carboxylic acids is 2. The van der Waals surface area contributed by atoms with Crippen molar-refractivity contribution in [2.45, 2.75) is 37.6 Å². The number of amides is 2. The van der Waals surface area contributed by atoms with Crippen LogP contribution < -0.4 is 10.6 Å². The highest BCUT2D eigenvalue weighted by Gasteiger charge is 2.31. The Bertz CT molecular complexity index is 558. The number of likely N-dealkylation sites (N-methyl/N-ethyl adjacent to an activating group) is 1. The Morgan fingerprint density at radius 1 is 0.955 bits per heavy atom. The van der Waals surface area contributed by atoms with E-state index in [1.165, 1.54) is 31.2 Å². The number of hydrogen-bond acceptors (Lipinski definition) is 4. The van der Waals surface area contributed by atoms with Gasteiger partial charge >= 0.3 is 0 Å². The van der Waals surface area contributed by atoms with Crippen LogP contribution in [0.15, 0.2) is 24.3 Å². The first-order valence-electron chi connectivity index (χ1n) is 7.93. The molecule has 0 unspecified atom stereocenters. The van der Waals surface area contributed by atoms with Gasteiger partial charge in [0.25, 0.3) is 0 Å². The predicted molar refractivity (Wildman–Crippen MR) is 85.4 cm³/mol. The van der Waals surface area contributed by atoms with E-state index in [4.69, 9.17) is 5.73 Å². The number of carbonyl (C=O) groups is 2. The second kappa shape index (κ2) is 5.72. The summed E-state index contributed by atoms with van der Waals surface area (Å²) >= 11 is 0. The van der Waals surface area contributed by atoms with Crippen LogP contribution in [0.4, 0.5) is 5.69 Å². The maximum atomic E-state index is 11.8. The fraction of sp³-hybridized carbons (Fsp3) is 0.529. The van der Waals surface area contributed by atoms with Crippen molar-refractivity contribution in [3.05, 3.63) is 29.8 Å². The molecule has 0 radical (unpaired) electrons. The molecule has 2 N–H and O–H groups in total. The molecule has 5 heteroatoms. The molecule has 2 amide bonds. The zero-order valence-electron chi connectivity index (χ0n) is 13.0. The van der Waals surface area contributed by atoms with Gasteiger partial charge < -0.3 is 10.6 Å². The maximum Gasteiger partial charge on any atom is 0.248 e. The van der Waals surface area contributed by atoms with E-state index in [9.17, 15) is 9.59 Å². The van der Waals surface area contributed by atoms with E-state index in [0.717, 1.165) is 24.1 Å². The summed E-state index contributed by atoms with van der Waals surface area (Å²) < 4.78 is 0. The highest BCUT2D eigenvalue weighted by molar-refractivity contribution is 6.02. The van der Waals surface area contributed by atoms with Crippen LogP contribution in [-0.4, -0.2) is 36.9 Å². The van der Waals surface area contributed by atoms with E-state index >= 15 is 0 Å². The topological polar surface area (TPSA) is 66.6 Å². The second-order valence-electron chi connectivity index (χ2n) is 6.47. The SMILES string of the molecule is CN1C(=O)CN(c2ccc(C3(N)CCCCC3)cc2)CC1=O. The van der Waals surface area contributed by atoms with Crippen LogP contribution in [0.2, 0.25) is 0 Å². The summed E-state index contributed by atoms with van der Waals surface area (Å²) in [4.78, 5) is 26.6. The Balaban J connectivity index is 1.77. The van der Waals surface area contributed by atoms with Crippen molar-refractivity contribution in [3.8, 4) is 0 Å². The van der Waals surface area contributed by atoms with Crippen molar-refractivity contribution in [1.82, 2.24) is 4.90 Å².